The fourth-order valence-corrected chi connectivity index (χ4v) is 5.12. The third-order valence-corrected chi connectivity index (χ3v) is 6.69. The molecule has 2 atom stereocenters. The number of fused-ring (bicyclic) bond motifs is 1. The Morgan fingerprint density at radius 1 is 1.16 bits per heavy atom. The molecule has 2 saturated heterocycles. The summed E-state index contributed by atoms with van der Waals surface area (Å²) in [5, 5.41) is 3.67. The maximum absolute atomic E-state index is 12.6. The number of sulfonamides is 1. The molecule has 0 aromatic heterocycles. The Balaban J connectivity index is 1.93. The highest BCUT2D eigenvalue weighted by molar-refractivity contribution is 7.89. The summed E-state index contributed by atoms with van der Waals surface area (Å²) in [6.45, 7) is 2.89. The Morgan fingerprint density at radius 2 is 1.79 bits per heavy atom. The van der Waals surface area contributed by atoms with Crippen molar-refractivity contribution in [2.24, 2.45) is 11.8 Å². The minimum absolute atomic E-state index is 0.106. The predicted molar refractivity (Wildman–Crippen MR) is 75.1 cm³/mol. The van der Waals surface area contributed by atoms with Gasteiger partial charge in [-0.3, -0.25) is 0 Å². The van der Waals surface area contributed by atoms with Crippen LogP contribution < -0.4 is 5.32 Å². The van der Waals surface area contributed by atoms with Crippen LogP contribution in [0.15, 0.2) is 23.1 Å². The lowest BCUT2D eigenvalue weighted by atomic mass is 10.0. The molecule has 0 amide bonds. The van der Waals surface area contributed by atoms with E-state index in [-0.39, 0.29) is 14.9 Å². The first-order chi connectivity index (χ1) is 9.00. The molecule has 3 rings (SSSR count). The maximum atomic E-state index is 12.6. The van der Waals surface area contributed by atoms with Gasteiger partial charge in [0.25, 0.3) is 0 Å². The third-order valence-electron chi connectivity index (χ3n) is 3.89. The summed E-state index contributed by atoms with van der Waals surface area (Å²) in [6.07, 6.45) is 0. The van der Waals surface area contributed by atoms with Crippen molar-refractivity contribution in [2.45, 2.75) is 4.90 Å². The van der Waals surface area contributed by atoms with Crippen LogP contribution in [0.5, 0.6) is 0 Å². The summed E-state index contributed by atoms with van der Waals surface area (Å²) < 4.78 is 26.7. The molecule has 0 spiro atoms. The SMILES string of the molecule is O=S(=O)(c1cccc(Cl)c1Cl)N1CC2CNCC2C1. The zero-order chi connectivity index (χ0) is 13.6. The van der Waals surface area contributed by atoms with E-state index < -0.39 is 10.0 Å². The van der Waals surface area contributed by atoms with E-state index in [4.69, 9.17) is 23.2 Å². The van der Waals surface area contributed by atoms with Gasteiger partial charge in [-0.2, -0.15) is 4.31 Å². The smallest absolute Gasteiger partial charge is 0.244 e. The van der Waals surface area contributed by atoms with E-state index in [0.29, 0.717) is 24.9 Å². The molecule has 0 saturated carbocycles. The first-order valence-corrected chi connectivity index (χ1v) is 8.34. The van der Waals surface area contributed by atoms with Gasteiger partial charge in [-0.1, -0.05) is 29.3 Å². The van der Waals surface area contributed by atoms with Crippen molar-refractivity contribution in [2.75, 3.05) is 26.2 Å². The molecule has 0 aliphatic carbocycles. The molecule has 2 aliphatic rings. The average molecular weight is 321 g/mol. The molecule has 2 unspecified atom stereocenters. The molecule has 1 N–H and O–H groups in total. The largest absolute Gasteiger partial charge is 0.316 e. The Labute approximate surface area is 122 Å². The molecule has 7 heteroatoms. The van der Waals surface area contributed by atoms with Crippen molar-refractivity contribution in [3.8, 4) is 0 Å². The fourth-order valence-electron chi connectivity index (χ4n) is 2.83. The summed E-state index contributed by atoms with van der Waals surface area (Å²) in [7, 11) is -3.54. The number of nitrogens with zero attached hydrogens (tertiary/aromatic N) is 1. The molecule has 2 heterocycles. The highest BCUT2D eigenvalue weighted by Crippen LogP contribution is 2.35. The Hall–Kier alpha value is -0.330. The zero-order valence-electron chi connectivity index (χ0n) is 10.1. The van der Waals surface area contributed by atoms with Crippen molar-refractivity contribution >= 4 is 33.2 Å². The standard InChI is InChI=1S/C12H14Cl2N2O2S/c13-10-2-1-3-11(12(10)14)19(17,18)16-6-8-4-15-5-9(8)7-16/h1-3,8-9,15H,4-7H2. The first-order valence-electron chi connectivity index (χ1n) is 6.15. The average Bonchev–Trinajstić information content (AvgIpc) is 2.92. The summed E-state index contributed by atoms with van der Waals surface area (Å²) in [5.74, 6) is 0.820. The van der Waals surface area contributed by atoms with Crippen LogP contribution in [0.25, 0.3) is 0 Å². The zero-order valence-corrected chi connectivity index (χ0v) is 12.5. The van der Waals surface area contributed by atoms with Crippen molar-refractivity contribution in [3.63, 3.8) is 0 Å². The van der Waals surface area contributed by atoms with E-state index in [1.807, 2.05) is 0 Å². The second-order valence-electron chi connectivity index (χ2n) is 5.05. The van der Waals surface area contributed by atoms with Gasteiger partial charge in [0.05, 0.1) is 10.0 Å². The predicted octanol–water partition coefficient (Wildman–Crippen LogP) is 1.83. The second-order valence-corrected chi connectivity index (χ2v) is 7.74. The van der Waals surface area contributed by atoms with Gasteiger partial charge in [-0.05, 0) is 37.1 Å². The van der Waals surface area contributed by atoms with Gasteiger partial charge in [0.2, 0.25) is 10.0 Å². The van der Waals surface area contributed by atoms with E-state index in [1.54, 1.807) is 12.1 Å². The van der Waals surface area contributed by atoms with Gasteiger partial charge in [-0.25, -0.2) is 8.42 Å². The molecule has 2 fully saturated rings. The quantitative estimate of drug-likeness (QED) is 0.904. The van der Waals surface area contributed by atoms with E-state index in [1.165, 1.54) is 10.4 Å². The van der Waals surface area contributed by atoms with Crippen LogP contribution >= 0.6 is 23.2 Å². The second kappa shape index (κ2) is 4.90. The molecule has 2 aliphatic heterocycles. The molecule has 1 aromatic carbocycles. The highest BCUT2D eigenvalue weighted by Gasteiger charge is 2.42. The first kappa shape index (κ1) is 13.6. The van der Waals surface area contributed by atoms with Gasteiger partial charge in [0.15, 0.2) is 0 Å². The molecular weight excluding hydrogens is 307 g/mol. The van der Waals surface area contributed by atoms with Crippen LogP contribution in [0.4, 0.5) is 0 Å². The van der Waals surface area contributed by atoms with E-state index >= 15 is 0 Å². The van der Waals surface area contributed by atoms with Crippen LogP contribution in [0.2, 0.25) is 10.0 Å². The lowest BCUT2D eigenvalue weighted by Gasteiger charge is -2.18. The number of hydrogen-bond donors (Lipinski definition) is 1. The van der Waals surface area contributed by atoms with E-state index in [9.17, 15) is 8.42 Å². The minimum Gasteiger partial charge on any atom is -0.316 e. The lowest BCUT2D eigenvalue weighted by Crippen LogP contribution is -2.32. The van der Waals surface area contributed by atoms with Gasteiger partial charge in [0.1, 0.15) is 4.90 Å². The van der Waals surface area contributed by atoms with Crippen LogP contribution in [0, 0.1) is 11.8 Å². The van der Waals surface area contributed by atoms with Crippen molar-refractivity contribution in [3.05, 3.63) is 28.2 Å². The van der Waals surface area contributed by atoms with Crippen molar-refractivity contribution < 1.29 is 8.42 Å². The lowest BCUT2D eigenvalue weighted by molar-refractivity contribution is 0.448. The van der Waals surface area contributed by atoms with Crippen LogP contribution in [0.3, 0.4) is 0 Å². The molecule has 0 radical (unpaired) electrons. The van der Waals surface area contributed by atoms with Gasteiger partial charge >= 0.3 is 0 Å². The maximum Gasteiger partial charge on any atom is 0.244 e. The summed E-state index contributed by atoms with van der Waals surface area (Å²) in [6, 6.07) is 4.71. The molecule has 1 aromatic rings. The number of halogens is 2. The molecule has 4 nitrogen and oxygen atoms in total. The van der Waals surface area contributed by atoms with Gasteiger partial charge < -0.3 is 5.32 Å². The van der Waals surface area contributed by atoms with Crippen LogP contribution in [0.1, 0.15) is 0 Å². The molecule has 0 bridgehead atoms. The number of rotatable bonds is 2. The van der Waals surface area contributed by atoms with Crippen LogP contribution in [-0.4, -0.2) is 38.9 Å². The minimum atomic E-state index is -3.54. The summed E-state index contributed by atoms with van der Waals surface area (Å²) >= 11 is 11.9. The third kappa shape index (κ3) is 2.28. The van der Waals surface area contributed by atoms with E-state index in [2.05, 4.69) is 5.32 Å². The summed E-state index contributed by atoms with van der Waals surface area (Å²) in [5.41, 5.74) is 0. The van der Waals surface area contributed by atoms with Gasteiger partial charge in [0, 0.05) is 13.1 Å². The number of nitrogens with one attached hydrogen (secondary N) is 1. The molecular formula is C12H14Cl2N2O2S. The number of hydrogen-bond acceptors (Lipinski definition) is 3. The topological polar surface area (TPSA) is 49.4 Å². The van der Waals surface area contributed by atoms with E-state index in [0.717, 1.165) is 13.1 Å². The molecule has 19 heavy (non-hydrogen) atoms. The van der Waals surface area contributed by atoms with Crippen molar-refractivity contribution in [1.29, 1.82) is 0 Å². The highest BCUT2D eigenvalue weighted by atomic mass is 35.5. The fraction of sp³-hybridized carbons (Fsp3) is 0.500. The van der Waals surface area contributed by atoms with Crippen molar-refractivity contribution in [1.82, 2.24) is 9.62 Å². The Morgan fingerprint density at radius 3 is 2.42 bits per heavy atom. The monoisotopic (exact) mass is 320 g/mol. The Kier molecular flexibility index (Phi) is 3.52. The van der Waals surface area contributed by atoms with Gasteiger partial charge in [-0.15, -0.1) is 0 Å². The Bertz CT molecular complexity index is 594. The molecule has 104 valence electrons. The summed E-state index contributed by atoms with van der Waals surface area (Å²) in [4.78, 5) is 0.106. The van der Waals surface area contributed by atoms with Crippen LogP contribution in [-0.2, 0) is 10.0 Å². The number of benzene rings is 1. The normalized spacial score (nSPS) is 27.7.